The number of β-amino-alcohol motifs (C(OH)–C–C–N with tert-alkyl or cyclic N) is 1. The molecule has 138 valence electrons. The molecule has 0 bridgehead atoms. The van der Waals surface area contributed by atoms with Crippen LogP contribution in [0.5, 0.6) is 0 Å². The summed E-state index contributed by atoms with van der Waals surface area (Å²) in [7, 11) is 0. The van der Waals surface area contributed by atoms with Crippen molar-refractivity contribution in [3.63, 3.8) is 0 Å². The number of carbonyl (C=O) groups is 1. The number of rotatable bonds is 5. The zero-order valence-electron chi connectivity index (χ0n) is 14.3. The smallest absolute Gasteiger partial charge is 0.230 e. The molecule has 1 aliphatic rings. The number of carbonyl (C=O) groups excluding carboxylic acids is 1. The Morgan fingerprint density at radius 3 is 2.85 bits per heavy atom. The monoisotopic (exact) mass is 393 g/mol. The fourth-order valence-electron chi connectivity index (χ4n) is 3.00. The van der Waals surface area contributed by atoms with Crippen molar-refractivity contribution >= 4 is 34.7 Å². The number of hydrogen-bond acceptors (Lipinski definition) is 5. The van der Waals surface area contributed by atoms with Crippen molar-refractivity contribution in [2.45, 2.75) is 38.5 Å². The number of amides is 1. The first kappa shape index (κ1) is 18.8. The van der Waals surface area contributed by atoms with Crippen molar-refractivity contribution in [3.8, 4) is 0 Å². The van der Waals surface area contributed by atoms with Crippen LogP contribution in [0.15, 0.2) is 34.9 Å². The number of hydrogen-bond donors (Lipinski definition) is 2. The molecule has 2 atom stereocenters. The third-order valence-corrected chi connectivity index (χ3v) is 4.95. The number of likely N-dealkylation sites (tertiary alicyclic amines) is 1. The van der Waals surface area contributed by atoms with Gasteiger partial charge in [0, 0.05) is 30.6 Å². The van der Waals surface area contributed by atoms with Gasteiger partial charge in [0.25, 0.3) is 0 Å². The average Bonchev–Trinajstić information content (AvgIpc) is 3.19. The molecule has 0 spiro atoms. The van der Waals surface area contributed by atoms with Crippen molar-refractivity contribution in [1.82, 2.24) is 15.4 Å². The molecular formula is C18H20ClN3O3S. The van der Waals surface area contributed by atoms with E-state index in [4.69, 9.17) is 28.3 Å². The Morgan fingerprint density at radius 2 is 2.19 bits per heavy atom. The molecule has 1 aromatic heterocycles. The number of aromatic nitrogens is 1. The molecular weight excluding hydrogens is 374 g/mol. The van der Waals surface area contributed by atoms with Crippen molar-refractivity contribution in [1.29, 1.82) is 0 Å². The minimum absolute atomic E-state index is 0.101. The van der Waals surface area contributed by atoms with E-state index in [0.29, 0.717) is 28.7 Å². The van der Waals surface area contributed by atoms with Gasteiger partial charge >= 0.3 is 0 Å². The van der Waals surface area contributed by atoms with Crippen LogP contribution in [0.2, 0.25) is 5.02 Å². The number of nitrogens with zero attached hydrogens (tertiary/aromatic N) is 2. The molecule has 0 saturated carbocycles. The van der Waals surface area contributed by atoms with Crippen LogP contribution >= 0.6 is 23.8 Å². The van der Waals surface area contributed by atoms with Crippen molar-refractivity contribution in [3.05, 3.63) is 52.4 Å². The van der Waals surface area contributed by atoms with E-state index in [1.807, 2.05) is 24.3 Å². The molecule has 8 heteroatoms. The van der Waals surface area contributed by atoms with E-state index < -0.39 is 6.10 Å². The minimum Gasteiger partial charge on any atom is -0.391 e. The van der Waals surface area contributed by atoms with Crippen LogP contribution < -0.4 is 5.32 Å². The van der Waals surface area contributed by atoms with Gasteiger partial charge in [-0.1, -0.05) is 41.1 Å². The fraction of sp³-hybridized carbons (Fsp3) is 0.389. The molecule has 1 aromatic carbocycles. The van der Waals surface area contributed by atoms with Crippen LogP contribution in [0.4, 0.5) is 0 Å². The van der Waals surface area contributed by atoms with E-state index in [9.17, 15) is 9.90 Å². The minimum atomic E-state index is -0.587. The standard InChI is InChI=1S/C18H20ClN3O3S/c1-11-6-15(25-21-11)8-17(24)22-10-14(23)7-16(22)18(26)20-9-12-2-4-13(19)5-3-12/h2-6,14,16,23H,7-10H2,1H3,(H,20,26)/t14-,16+/m1/s1. The highest BCUT2D eigenvalue weighted by atomic mass is 35.5. The van der Waals surface area contributed by atoms with E-state index in [1.54, 1.807) is 17.9 Å². The zero-order valence-corrected chi connectivity index (χ0v) is 15.9. The predicted molar refractivity (Wildman–Crippen MR) is 102 cm³/mol. The quantitative estimate of drug-likeness (QED) is 0.758. The number of aryl methyl sites for hydroxylation is 1. The molecule has 1 aliphatic heterocycles. The summed E-state index contributed by atoms with van der Waals surface area (Å²) in [4.78, 5) is 14.8. The molecule has 2 heterocycles. The number of halogens is 1. The summed E-state index contributed by atoms with van der Waals surface area (Å²) < 4.78 is 5.11. The molecule has 0 aliphatic carbocycles. The van der Waals surface area contributed by atoms with E-state index in [1.165, 1.54) is 0 Å². The van der Waals surface area contributed by atoms with Gasteiger partial charge in [0.15, 0.2) is 0 Å². The van der Waals surface area contributed by atoms with Crippen molar-refractivity contribution in [2.24, 2.45) is 0 Å². The number of nitrogens with one attached hydrogen (secondary N) is 1. The third-order valence-electron chi connectivity index (χ3n) is 4.28. The Morgan fingerprint density at radius 1 is 1.46 bits per heavy atom. The van der Waals surface area contributed by atoms with Gasteiger partial charge in [-0.3, -0.25) is 4.79 Å². The van der Waals surface area contributed by atoms with Crippen molar-refractivity contribution in [2.75, 3.05) is 6.54 Å². The lowest BCUT2D eigenvalue weighted by atomic mass is 10.1. The summed E-state index contributed by atoms with van der Waals surface area (Å²) in [5.41, 5.74) is 1.76. The maximum atomic E-state index is 12.6. The van der Waals surface area contributed by atoms with Gasteiger partial charge in [-0.05, 0) is 24.6 Å². The molecule has 2 N–H and O–H groups in total. The summed E-state index contributed by atoms with van der Waals surface area (Å²) in [6.07, 6.45) is -0.0620. The molecule has 0 unspecified atom stereocenters. The molecule has 6 nitrogen and oxygen atoms in total. The lowest BCUT2D eigenvalue weighted by molar-refractivity contribution is -0.130. The molecule has 0 radical (unpaired) electrons. The SMILES string of the molecule is Cc1cc(CC(=O)N2C[C@H](O)C[C@H]2C(=S)NCc2ccc(Cl)cc2)on1. The maximum Gasteiger partial charge on any atom is 0.230 e. The van der Waals surface area contributed by atoms with Crippen LogP contribution in [-0.4, -0.2) is 44.7 Å². The zero-order chi connectivity index (χ0) is 18.7. The highest BCUT2D eigenvalue weighted by Gasteiger charge is 2.37. The maximum absolute atomic E-state index is 12.6. The molecule has 26 heavy (non-hydrogen) atoms. The van der Waals surface area contributed by atoms with Crippen LogP contribution in [-0.2, 0) is 17.8 Å². The lowest BCUT2D eigenvalue weighted by Crippen LogP contribution is -2.45. The van der Waals surface area contributed by atoms with Crippen molar-refractivity contribution < 1.29 is 14.4 Å². The topological polar surface area (TPSA) is 78.6 Å². The number of benzene rings is 1. The summed E-state index contributed by atoms with van der Waals surface area (Å²) in [5.74, 6) is 0.367. The van der Waals surface area contributed by atoms with Crippen LogP contribution in [0, 0.1) is 6.92 Å². The third kappa shape index (κ3) is 4.60. The largest absolute Gasteiger partial charge is 0.391 e. The summed E-state index contributed by atoms with van der Waals surface area (Å²) >= 11 is 11.4. The normalized spacial score (nSPS) is 19.6. The number of aliphatic hydroxyl groups excluding tert-OH is 1. The first-order chi connectivity index (χ1) is 12.4. The van der Waals surface area contributed by atoms with Crippen LogP contribution in [0.1, 0.15) is 23.4 Å². The Balaban J connectivity index is 1.61. The molecule has 1 fully saturated rings. The van der Waals surface area contributed by atoms with Crippen LogP contribution in [0.3, 0.4) is 0 Å². The summed E-state index contributed by atoms with van der Waals surface area (Å²) in [6, 6.07) is 8.86. The average molecular weight is 394 g/mol. The summed E-state index contributed by atoms with van der Waals surface area (Å²) in [5, 5.41) is 17.7. The van der Waals surface area contributed by atoms with E-state index >= 15 is 0 Å². The van der Waals surface area contributed by atoms with E-state index in [0.717, 1.165) is 11.3 Å². The van der Waals surface area contributed by atoms with Gasteiger partial charge in [0.1, 0.15) is 5.76 Å². The van der Waals surface area contributed by atoms with Crippen LogP contribution in [0.25, 0.3) is 0 Å². The fourth-order valence-corrected chi connectivity index (χ4v) is 3.42. The summed E-state index contributed by atoms with van der Waals surface area (Å²) in [6.45, 7) is 2.60. The van der Waals surface area contributed by atoms with E-state index in [2.05, 4.69) is 10.5 Å². The van der Waals surface area contributed by atoms with Gasteiger partial charge in [-0.25, -0.2) is 0 Å². The van der Waals surface area contributed by atoms with Gasteiger partial charge in [-0.2, -0.15) is 0 Å². The first-order valence-electron chi connectivity index (χ1n) is 8.34. The second-order valence-corrected chi connectivity index (χ2v) is 7.28. The second-order valence-electron chi connectivity index (χ2n) is 6.41. The van der Waals surface area contributed by atoms with E-state index in [-0.39, 0.29) is 24.9 Å². The number of aliphatic hydroxyl groups is 1. The first-order valence-corrected chi connectivity index (χ1v) is 9.13. The Bertz CT molecular complexity index is 793. The Labute approximate surface area is 162 Å². The highest BCUT2D eigenvalue weighted by Crippen LogP contribution is 2.21. The molecule has 1 saturated heterocycles. The molecule has 3 rings (SSSR count). The second kappa shape index (κ2) is 8.16. The predicted octanol–water partition coefficient (Wildman–Crippen LogP) is 2.26. The highest BCUT2D eigenvalue weighted by molar-refractivity contribution is 7.80. The Hall–Kier alpha value is -1.96. The van der Waals surface area contributed by atoms with Gasteiger partial charge in [0.05, 0.1) is 29.2 Å². The number of thiocarbonyl (C=S) groups is 1. The van der Waals surface area contributed by atoms with Gasteiger partial charge < -0.3 is 19.8 Å². The van der Waals surface area contributed by atoms with Gasteiger partial charge in [-0.15, -0.1) is 0 Å². The molecule has 2 aromatic rings. The molecule has 1 amide bonds. The lowest BCUT2D eigenvalue weighted by Gasteiger charge is -2.25. The van der Waals surface area contributed by atoms with Gasteiger partial charge in [0.2, 0.25) is 5.91 Å². The Kier molecular flexibility index (Phi) is 5.90.